The number of amides is 1. The molecular formula is C15H21N5O2S. The molecule has 0 bridgehead atoms. The number of ether oxygens (including phenoxy) is 1. The number of nitrogens with two attached hydrogens (primary N) is 1. The van der Waals surface area contributed by atoms with Crippen LogP contribution in [0.25, 0.3) is 10.2 Å². The van der Waals surface area contributed by atoms with Crippen LogP contribution in [0.5, 0.6) is 0 Å². The fourth-order valence-corrected chi connectivity index (χ4v) is 3.51. The van der Waals surface area contributed by atoms with Crippen LogP contribution < -0.4 is 10.6 Å². The van der Waals surface area contributed by atoms with Crippen molar-refractivity contribution >= 4 is 33.3 Å². The lowest BCUT2D eigenvalue weighted by molar-refractivity contribution is -0.133. The molecule has 2 aromatic rings. The third-order valence-electron chi connectivity index (χ3n) is 4.17. The maximum absolute atomic E-state index is 12.3. The standard InChI is InChI=1S/C15H21N5O2S/c1-22-11(9-16)8-13(21)19-3-5-20(6-4-19)14-12-2-7-23-15(12)18-10-17-14/h2,7,10-11H,3-6,8-9,16H2,1H3. The number of piperazine rings is 1. The molecule has 2 aromatic heterocycles. The van der Waals surface area contributed by atoms with Crippen molar-refractivity contribution in [2.75, 3.05) is 44.7 Å². The van der Waals surface area contributed by atoms with Crippen LogP contribution in [-0.2, 0) is 9.53 Å². The Bertz CT molecular complexity index is 665. The molecule has 0 saturated carbocycles. The normalized spacial score (nSPS) is 16.8. The lowest BCUT2D eigenvalue weighted by atomic mass is 10.2. The van der Waals surface area contributed by atoms with Crippen molar-refractivity contribution in [1.29, 1.82) is 0 Å². The number of carbonyl (C=O) groups excluding carboxylic acids is 1. The van der Waals surface area contributed by atoms with E-state index in [0.29, 0.717) is 26.1 Å². The van der Waals surface area contributed by atoms with Crippen LogP contribution in [-0.4, -0.2) is 66.7 Å². The van der Waals surface area contributed by atoms with Gasteiger partial charge in [-0.1, -0.05) is 0 Å². The summed E-state index contributed by atoms with van der Waals surface area (Å²) < 4.78 is 5.19. The Kier molecular flexibility index (Phi) is 5.04. The SMILES string of the molecule is COC(CN)CC(=O)N1CCN(c2ncnc3sccc23)CC1. The zero-order chi connectivity index (χ0) is 16.2. The summed E-state index contributed by atoms with van der Waals surface area (Å²) in [5.41, 5.74) is 5.58. The third-order valence-corrected chi connectivity index (χ3v) is 4.99. The van der Waals surface area contributed by atoms with Gasteiger partial charge in [-0.15, -0.1) is 11.3 Å². The summed E-state index contributed by atoms with van der Waals surface area (Å²) in [6, 6.07) is 2.05. The lowest BCUT2D eigenvalue weighted by Crippen LogP contribution is -2.50. The van der Waals surface area contributed by atoms with Gasteiger partial charge in [-0.25, -0.2) is 9.97 Å². The molecule has 3 rings (SSSR count). The van der Waals surface area contributed by atoms with Gasteiger partial charge in [0.2, 0.25) is 5.91 Å². The summed E-state index contributed by atoms with van der Waals surface area (Å²) >= 11 is 1.61. The number of methoxy groups -OCH3 is 1. The molecule has 1 aliphatic rings. The average Bonchev–Trinajstić information content (AvgIpc) is 3.08. The van der Waals surface area contributed by atoms with E-state index < -0.39 is 0 Å². The number of carbonyl (C=O) groups is 1. The minimum atomic E-state index is -0.201. The van der Waals surface area contributed by atoms with Crippen molar-refractivity contribution in [3.05, 3.63) is 17.8 Å². The first-order valence-corrected chi connectivity index (χ1v) is 8.54. The van der Waals surface area contributed by atoms with Crippen molar-refractivity contribution in [2.24, 2.45) is 5.73 Å². The highest BCUT2D eigenvalue weighted by atomic mass is 32.1. The number of thiophene rings is 1. The van der Waals surface area contributed by atoms with Gasteiger partial charge < -0.3 is 20.3 Å². The number of nitrogens with zero attached hydrogens (tertiary/aromatic N) is 4. The molecule has 2 N–H and O–H groups in total. The second-order valence-electron chi connectivity index (χ2n) is 5.50. The summed E-state index contributed by atoms with van der Waals surface area (Å²) in [7, 11) is 1.59. The quantitative estimate of drug-likeness (QED) is 0.866. The van der Waals surface area contributed by atoms with E-state index in [1.165, 1.54) is 0 Å². The molecule has 0 aromatic carbocycles. The molecule has 8 heteroatoms. The predicted molar refractivity (Wildman–Crippen MR) is 90.7 cm³/mol. The number of anilines is 1. The first-order valence-electron chi connectivity index (χ1n) is 7.66. The van der Waals surface area contributed by atoms with Crippen LogP contribution in [0.1, 0.15) is 6.42 Å². The van der Waals surface area contributed by atoms with Crippen molar-refractivity contribution in [3.8, 4) is 0 Å². The van der Waals surface area contributed by atoms with Gasteiger partial charge in [-0.2, -0.15) is 0 Å². The van der Waals surface area contributed by atoms with E-state index >= 15 is 0 Å². The van der Waals surface area contributed by atoms with Gasteiger partial charge in [0.1, 0.15) is 17.0 Å². The van der Waals surface area contributed by atoms with Gasteiger partial charge in [0.25, 0.3) is 0 Å². The molecular weight excluding hydrogens is 314 g/mol. The Hall–Kier alpha value is -1.77. The van der Waals surface area contributed by atoms with Gasteiger partial charge in [-0.05, 0) is 11.4 Å². The summed E-state index contributed by atoms with van der Waals surface area (Å²) in [5.74, 6) is 1.06. The van der Waals surface area contributed by atoms with Gasteiger partial charge >= 0.3 is 0 Å². The van der Waals surface area contributed by atoms with Crippen LogP contribution in [0.4, 0.5) is 5.82 Å². The van der Waals surface area contributed by atoms with Crippen LogP contribution in [0.3, 0.4) is 0 Å². The molecule has 7 nitrogen and oxygen atoms in total. The number of hydrogen-bond acceptors (Lipinski definition) is 7. The average molecular weight is 335 g/mol. The minimum absolute atomic E-state index is 0.102. The van der Waals surface area contributed by atoms with E-state index in [2.05, 4.69) is 20.9 Å². The lowest BCUT2D eigenvalue weighted by Gasteiger charge is -2.36. The van der Waals surface area contributed by atoms with E-state index in [-0.39, 0.29) is 12.0 Å². The summed E-state index contributed by atoms with van der Waals surface area (Å²) in [4.78, 5) is 26.1. The molecule has 1 amide bonds. The molecule has 0 aliphatic carbocycles. The third kappa shape index (κ3) is 3.44. The predicted octanol–water partition coefficient (Wildman–Crippen LogP) is 0.704. The Morgan fingerprint density at radius 2 is 2.17 bits per heavy atom. The largest absolute Gasteiger partial charge is 0.380 e. The first kappa shape index (κ1) is 16.1. The molecule has 0 spiro atoms. The number of hydrogen-bond donors (Lipinski definition) is 1. The molecule has 0 radical (unpaired) electrons. The van der Waals surface area contributed by atoms with Crippen molar-refractivity contribution in [2.45, 2.75) is 12.5 Å². The Labute approximate surface area is 139 Å². The molecule has 1 unspecified atom stereocenters. The first-order chi connectivity index (χ1) is 11.2. The highest BCUT2D eigenvalue weighted by molar-refractivity contribution is 7.16. The van der Waals surface area contributed by atoms with E-state index in [0.717, 1.165) is 29.1 Å². The van der Waals surface area contributed by atoms with Gasteiger partial charge in [0.15, 0.2) is 0 Å². The van der Waals surface area contributed by atoms with E-state index in [1.54, 1.807) is 24.8 Å². The molecule has 1 atom stereocenters. The summed E-state index contributed by atoms with van der Waals surface area (Å²) in [6.45, 7) is 3.28. The molecule has 1 aliphatic heterocycles. The monoisotopic (exact) mass is 335 g/mol. The van der Waals surface area contributed by atoms with Gasteiger partial charge in [0, 0.05) is 39.8 Å². The van der Waals surface area contributed by atoms with Crippen LogP contribution in [0.15, 0.2) is 17.8 Å². The maximum Gasteiger partial charge on any atom is 0.225 e. The van der Waals surface area contributed by atoms with Crippen LogP contribution in [0, 0.1) is 0 Å². The van der Waals surface area contributed by atoms with E-state index in [4.69, 9.17) is 10.5 Å². The van der Waals surface area contributed by atoms with Crippen molar-refractivity contribution in [1.82, 2.24) is 14.9 Å². The number of aromatic nitrogens is 2. The zero-order valence-corrected chi connectivity index (χ0v) is 14.0. The maximum atomic E-state index is 12.3. The zero-order valence-electron chi connectivity index (χ0n) is 13.1. The fraction of sp³-hybridized carbons (Fsp3) is 0.533. The van der Waals surface area contributed by atoms with E-state index in [1.807, 2.05) is 10.3 Å². The number of rotatable bonds is 5. The van der Waals surface area contributed by atoms with Crippen molar-refractivity contribution < 1.29 is 9.53 Å². The molecule has 23 heavy (non-hydrogen) atoms. The smallest absolute Gasteiger partial charge is 0.225 e. The summed E-state index contributed by atoms with van der Waals surface area (Å²) in [6.07, 6.45) is 1.75. The van der Waals surface area contributed by atoms with Crippen LogP contribution >= 0.6 is 11.3 Å². The summed E-state index contributed by atoms with van der Waals surface area (Å²) in [5, 5.41) is 3.11. The topological polar surface area (TPSA) is 84.6 Å². The minimum Gasteiger partial charge on any atom is -0.380 e. The molecule has 1 fully saturated rings. The highest BCUT2D eigenvalue weighted by Crippen LogP contribution is 2.27. The Morgan fingerprint density at radius 3 is 2.87 bits per heavy atom. The van der Waals surface area contributed by atoms with Gasteiger partial charge in [0.05, 0.1) is 17.9 Å². The highest BCUT2D eigenvalue weighted by Gasteiger charge is 2.24. The molecule has 124 valence electrons. The van der Waals surface area contributed by atoms with Crippen LogP contribution in [0.2, 0.25) is 0 Å². The molecule has 3 heterocycles. The second-order valence-corrected chi connectivity index (χ2v) is 6.40. The Morgan fingerprint density at radius 1 is 1.39 bits per heavy atom. The fourth-order valence-electron chi connectivity index (χ4n) is 2.78. The van der Waals surface area contributed by atoms with Crippen molar-refractivity contribution in [3.63, 3.8) is 0 Å². The second kappa shape index (κ2) is 7.20. The number of fused-ring (bicyclic) bond motifs is 1. The molecule has 1 saturated heterocycles. The van der Waals surface area contributed by atoms with E-state index in [9.17, 15) is 4.79 Å². The Balaban J connectivity index is 1.62. The van der Waals surface area contributed by atoms with Gasteiger partial charge in [-0.3, -0.25) is 4.79 Å².